The number of benzene rings is 1. The number of carbonyl (C=O) groups is 2. The standard InChI is InChI=1S/C18H24N2O3/c21-17(9-8-15-5-2-1-3-6-15)20-10-4-7-16(20)18(22)19-11-13-23-14-12-19/h1-3,5-6,16H,4,7-14H2/t16-/m0/s1. The Labute approximate surface area is 137 Å². The Morgan fingerprint density at radius 3 is 2.57 bits per heavy atom. The molecule has 0 aromatic heterocycles. The average Bonchev–Trinajstić information content (AvgIpc) is 3.10. The van der Waals surface area contributed by atoms with Gasteiger partial charge in [0.05, 0.1) is 13.2 Å². The van der Waals surface area contributed by atoms with Gasteiger partial charge in [-0.2, -0.15) is 0 Å². The van der Waals surface area contributed by atoms with Crippen LogP contribution < -0.4 is 0 Å². The first kappa shape index (κ1) is 16.0. The molecule has 1 atom stereocenters. The molecule has 0 saturated carbocycles. The zero-order valence-corrected chi connectivity index (χ0v) is 13.4. The third kappa shape index (κ3) is 3.91. The van der Waals surface area contributed by atoms with Crippen LogP contribution in [0.15, 0.2) is 30.3 Å². The lowest BCUT2D eigenvalue weighted by Crippen LogP contribution is -2.51. The molecule has 0 N–H and O–H groups in total. The number of aryl methyl sites for hydroxylation is 1. The van der Waals surface area contributed by atoms with Gasteiger partial charge in [-0.05, 0) is 24.8 Å². The number of carbonyl (C=O) groups excluding carboxylic acids is 2. The highest BCUT2D eigenvalue weighted by atomic mass is 16.5. The summed E-state index contributed by atoms with van der Waals surface area (Å²) >= 11 is 0. The van der Waals surface area contributed by atoms with Crippen LogP contribution in [0.4, 0.5) is 0 Å². The minimum Gasteiger partial charge on any atom is -0.378 e. The van der Waals surface area contributed by atoms with Gasteiger partial charge in [0.1, 0.15) is 6.04 Å². The molecule has 2 amide bonds. The van der Waals surface area contributed by atoms with Gasteiger partial charge in [-0.1, -0.05) is 30.3 Å². The Hall–Kier alpha value is -1.88. The van der Waals surface area contributed by atoms with Crippen molar-refractivity contribution >= 4 is 11.8 Å². The summed E-state index contributed by atoms with van der Waals surface area (Å²) in [6.07, 6.45) is 2.90. The fourth-order valence-corrected chi connectivity index (χ4v) is 3.36. The quantitative estimate of drug-likeness (QED) is 0.845. The van der Waals surface area contributed by atoms with Crippen molar-refractivity contribution in [2.75, 3.05) is 32.8 Å². The van der Waals surface area contributed by atoms with Crippen molar-refractivity contribution in [3.63, 3.8) is 0 Å². The highest BCUT2D eigenvalue weighted by Crippen LogP contribution is 2.21. The van der Waals surface area contributed by atoms with Gasteiger partial charge in [0, 0.05) is 26.1 Å². The van der Waals surface area contributed by atoms with E-state index in [4.69, 9.17) is 4.74 Å². The van der Waals surface area contributed by atoms with Gasteiger partial charge in [0.25, 0.3) is 0 Å². The maximum absolute atomic E-state index is 12.7. The summed E-state index contributed by atoms with van der Waals surface area (Å²) in [6, 6.07) is 9.75. The van der Waals surface area contributed by atoms with Gasteiger partial charge in [-0.15, -0.1) is 0 Å². The van der Waals surface area contributed by atoms with Crippen molar-refractivity contribution in [2.24, 2.45) is 0 Å². The third-order valence-electron chi connectivity index (χ3n) is 4.65. The Morgan fingerprint density at radius 2 is 1.83 bits per heavy atom. The number of morpholine rings is 1. The molecular formula is C18H24N2O3. The molecule has 0 radical (unpaired) electrons. The number of hydrogen-bond donors (Lipinski definition) is 0. The van der Waals surface area contributed by atoms with E-state index in [0.717, 1.165) is 24.8 Å². The Bertz CT molecular complexity index is 540. The van der Waals surface area contributed by atoms with Gasteiger partial charge in [0.2, 0.25) is 11.8 Å². The Kier molecular flexibility index (Phi) is 5.28. The van der Waals surface area contributed by atoms with Gasteiger partial charge < -0.3 is 14.5 Å². The molecular weight excluding hydrogens is 292 g/mol. The molecule has 0 bridgehead atoms. The van der Waals surface area contributed by atoms with E-state index in [-0.39, 0.29) is 17.9 Å². The summed E-state index contributed by atoms with van der Waals surface area (Å²) in [7, 11) is 0. The summed E-state index contributed by atoms with van der Waals surface area (Å²) in [5, 5.41) is 0. The van der Waals surface area contributed by atoms with Crippen molar-refractivity contribution in [2.45, 2.75) is 31.7 Å². The van der Waals surface area contributed by atoms with Crippen LogP contribution >= 0.6 is 0 Å². The summed E-state index contributed by atoms with van der Waals surface area (Å²) < 4.78 is 5.30. The van der Waals surface area contributed by atoms with E-state index in [1.54, 1.807) is 4.90 Å². The van der Waals surface area contributed by atoms with Crippen molar-refractivity contribution < 1.29 is 14.3 Å². The lowest BCUT2D eigenvalue weighted by atomic mass is 10.1. The fraction of sp³-hybridized carbons (Fsp3) is 0.556. The highest BCUT2D eigenvalue weighted by molar-refractivity contribution is 5.88. The van der Waals surface area contributed by atoms with Crippen molar-refractivity contribution in [3.8, 4) is 0 Å². The van der Waals surface area contributed by atoms with Gasteiger partial charge in [0.15, 0.2) is 0 Å². The largest absolute Gasteiger partial charge is 0.378 e. The molecule has 5 heteroatoms. The van der Waals surface area contributed by atoms with Crippen LogP contribution in [-0.4, -0.2) is 60.5 Å². The first-order valence-corrected chi connectivity index (χ1v) is 8.45. The van der Waals surface area contributed by atoms with Gasteiger partial charge >= 0.3 is 0 Å². The summed E-state index contributed by atoms with van der Waals surface area (Å²) in [4.78, 5) is 28.8. The van der Waals surface area contributed by atoms with Crippen molar-refractivity contribution in [1.82, 2.24) is 9.80 Å². The monoisotopic (exact) mass is 316 g/mol. The molecule has 1 aromatic rings. The molecule has 124 valence electrons. The Morgan fingerprint density at radius 1 is 1.09 bits per heavy atom. The lowest BCUT2D eigenvalue weighted by molar-refractivity contribution is -0.146. The number of ether oxygens (including phenoxy) is 1. The van der Waals surface area contributed by atoms with Crippen LogP contribution in [0.5, 0.6) is 0 Å². The maximum atomic E-state index is 12.7. The van der Waals surface area contributed by atoms with Gasteiger partial charge in [-0.3, -0.25) is 9.59 Å². The molecule has 2 aliphatic heterocycles. The van der Waals surface area contributed by atoms with Crippen LogP contribution in [0.3, 0.4) is 0 Å². The van der Waals surface area contributed by atoms with E-state index < -0.39 is 0 Å². The number of nitrogens with zero attached hydrogens (tertiary/aromatic N) is 2. The minimum absolute atomic E-state index is 0.0953. The maximum Gasteiger partial charge on any atom is 0.245 e. The average molecular weight is 316 g/mol. The molecule has 2 aliphatic rings. The second kappa shape index (κ2) is 7.59. The van der Waals surface area contributed by atoms with E-state index in [2.05, 4.69) is 0 Å². The number of hydrogen-bond acceptors (Lipinski definition) is 3. The zero-order chi connectivity index (χ0) is 16.1. The molecule has 5 nitrogen and oxygen atoms in total. The van der Waals surface area contributed by atoms with E-state index in [0.29, 0.717) is 39.3 Å². The van der Waals surface area contributed by atoms with Crippen molar-refractivity contribution in [1.29, 1.82) is 0 Å². The molecule has 2 saturated heterocycles. The van der Waals surface area contributed by atoms with Crippen LogP contribution in [0.2, 0.25) is 0 Å². The topological polar surface area (TPSA) is 49.9 Å². The predicted octanol–water partition coefficient (Wildman–Crippen LogP) is 1.47. The molecule has 23 heavy (non-hydrogen) atoms. The van der Waals surface area contributed by atoms with E-state index in [1.807, 2.05) is 35.2 Å². The minimum atomic E-state index is -0.267. The van der Waals surface area contributed by atoms with Gasteiger partial charge in [-0.25, -0.2) is 0 Å². The molecule has 2 heterocycles. The molecule has 0 unspecified atom stereocenters. The molecule has 0 spiro atoms. The predicted molar refractivity (Wildman–Crippen MR) is 86.9 cm³/mol. The van der Waals surface area contributed by atoms with Crippen LogP contribution in [0.25, 0.3) is 0 Å². The molecule has 3 rings (SSSR count). The molecule has 2 fully saturated rings. The fourth-order valence-electron chi connectivity index (χ4n) is 3.36. The van der Waals surface area contributed by atoms with Crippen LogP contribution in [0, 0.1) is 0 Å². The Balaban J connectivity index is 1.57. The normalized spacial score (nSPS) is 21.5. The number of rotatable bonds is 4. The second-order valence-corrected chi connectivity index (χ2v) is 6.17. The first-order valence-electron chi connectivity index (χ1n) is 8.45. The SMILES string of the molecule is O=C([C@@H]1CCCN1C(=O)CCc1ccccc1)N1CCOCC1. The number of amides is 2. The zero-order valence-electron chi connectivity index (χ0n) is 13.4. The molecule has 0 aliphatic carbocycles. The van der Waals surface area contributed by atoms with E-state index in [9.17, 15) is 9.59 Å². The number of likely N-dealkylation sites (tertiary alicyclic amines) is 1. The van der Waals surface area contributed by atoms with Crippen LogP contribution in [0.1, 0.15) is 24.8 Å². The summed E-state index contributed by atoms with van der Waals surface area (Å²) in [5.41, 5.74) is 1.16. The molecule has 1 aromatic carbocycles. The van der Waals surface area contributed by atoms with Crippen molar-refractivity contribution in [3.05, 3.63) is 35.9 Å². The highest BCUT2D eigenvalue weighted by Gasteiger charge is 2.36. The third-order valence-corrected chi connectivity index (χ3v) is 4.65. The lowest BCUT2D eigenvalue weighted by Gasteiger charge is -2.32. The second-order valence-electron chi connectivity index (χ2n) is 6.17. The summed E-state index contributed by atoms with van der Waals surface area (Å²) in [6.45, 7) is 3.18. The smallest absolute Gasteiger partial charge is 0.245 e. The first-order chi connectivity index (χ1) is 11.3. The summed E-state index contributed by atoms with van der Waals surface area (Å²) in [5.74, 6) is 0.192. The van der Waals surface area contributed by atoms with E-state index in [1.165, 1.54) is 0 Å². The van der Waals surface area contributed by atoms with E-state index >= 15 is 0 Å². The van der Waals surface area contributed by atoms with Crippen LogP contribution in [-0.2, 0) is 20.7 Å².